The summed E-state index contributed by atoms with van der Waals surface area (Å²) in [5, 5.41) is 0. The van der Waals surface area contributed by atoms with Crippen molar-refractivity contribution in [3.63, 3.8) is 0 Å². The van der Waals surface area contributed by atoms with Crippen LogP contribution in [-0.4, -0.2) is 194 Å². The van der Waals surface area contributed by atoms with Crippen molar-refractivity contribution in [1.82, 2.24) is 9.21 Å². The van der Waals surface area contributed by atoms with Crippen molar-refractivity contribution in [3.05, 3.63) is 0 Å². The van der Waals surface area contributed by atoms with E-state index in [-0.39, 0.29) is 0 Å². The molecule has 0 radical (unpaired) electrons. The zero-order valence-corrected chi connectivity index (χ0v) is 42.7. The SMILES string of the molecule is FC(F)C(F)(F)C(F)(F)C(F)(F)CON1P(OCC(F)(F)C(F)(F)C(F)(F)C(F)F)N=P(OCC(F)(F)C(F)(F)C(F)(F)C(F)F)(OCC(F)(F)C(F)(F)C(F)(F)C(F)F)N(OCC(F)(F)C(F)(F)C(F)(F)C(F)F)P1OCC(F)(F)C(F)(F)C(F)(F)C(F)F. The Hall–Kier alpha value is -2.59. The fourth-order valence-electron chi connectivity index (χ4n) is 4.69. The van der Waals surface area contributed by atoms with Gasteiger partial charge >= 0.3 is 153 Å². The van der Waals surface area contributed by atoms with Gasteiger partial charge in [-0.05, 0) is 4.60 Å². The van der Waals surface area contributed by atoms with E-state index in [2.05, 4.69) is 27.8 Å². The van der Waals surface area contributed by atoms with E-state index in [9.17, 15) is 176 Å². The summed E-state index contributed by atoms with van der Waals surface area (Å²) < 4.78 is 685. The minimum atomic E-state index is -9.25. The maximum Gasteiger partial charge on any atom is 0.380 e. The molecule has 1 aliphatic heterocycles. The molecule has 0 aromatic heterocycles. The first-order valence-corrected chi connectivity index (χ1v) is 24.2. The third kappa shape index (κ3) is 14.9. The maximum absolute atomic E-state index is 15.1. The molecule has 0 amide bonds. The number of hydrogen-bond acceptors (Lipinski definition) is 9. The third-order valence-corrected chi connectivity index (χ3v) is 17.0. The summed E-state index contributed by atoms with van der Waals surface area (Å²) in [4.78, 5) is 6.27. The van der Waals surface area contributed by atoms with Crippen LogP contribution in [0.5, 0.6) is 0 Å². The van der Waals surface area contributed by atoms with Crippen molar-refractivity contribution >= 4 is 24.6 Å². The lowest BCUT2D eigenvalue weighted by molar-refractivity contribution is -0.354. The van der Waals surface area contributed by atoms with Gasteiger partial charge in [-0.15, -0.1) is 0 Å². The Bertz CT molecular complexity index is 2380. The molecular formula is C30H18F48N3O6P3. The van der Waals surface area contributed by atoms with Crippen LogP contribution in [0.1, 0.15) is 0 Å². The maximum atomic E-state index is 15.1. The molecule has 1 aliphatic rings. The van der Waals surface area contributed by atoms with E-state index in [1.54, 1.807) is 4.52 Å². The summed E-state index contributed by atoms with van der Waals surface area (Å²) in [6.45, 7) is -29.8. The quantitative estimate of drug-likeness (QED) is 0.0454. The Morgan fingerprint density at radius 3 is 0.711 bits per heavy atom. The molecule has 0 aliphatic carbocycles. The molecule has 0 fully saturated rings. The fraction of sp³-hybridized carbons (Fsp3) is 1.00. The van der Waals surface area contributed by atoms with E-state index in [1.807, 2.05) is 0 Å². The van der Waals surface area contributed by atoms with Gasteiger partial charge in [0.05, 0.1) is 0 Å². The average molecular weight is 1520 g/mol. The van der Waals surface area contributed by atoms with Gasteiger partial charge in [0.15, 0.2) is 0 Å². The van der Waals surface area contributed by atoms with Gasteiger partial charge in [-0.25, -0.2) is 52.7 Å². The van der Waals surface area contributed by atoms with Crippen molar-refractivity contribution in [2.45, 2.75) is 145 Å². The van der Waals surface area contributed by atoms with Crippen molar-refractivity contribution in [3.8, 4) is 0 Å². The Morgan fingerprint density at radius 2 is 0.478 bits per heavy atom. The van der Waals surface area contributed by atoms with Crippen molar-refractivity contribution in [2.24, 2.45) is 4.52 Å². The molecule has 0 bridgehead atoms. The average Bonchev–Trinajstić information content (AvgIpc) is 0.754. The minimum absolute atomic E-state index is 1.56. The van der Waals surface area contributed by atoms with Crippen LogP contribution in [0.4, 0.5) is 211 Å². The van der Waals surface area contributed by atoms with Crippen molar-refractivity contribution in [1.29, 1.82) is 0 Å². The highest BCUT2D eigenvalue weighted by Gasteiger charge is 2.82. The molecule has 0 aromatic carbocycles. The van der Waals surface area contributed by atoms with Crippen molar-refractivity contribution < 1.29 is 239 Å². The van der Waals surface area contributed by atoms with Gasteiger partial charge < -0.3 is 18.1 Å². The summed E-state index contributed by atoms with van der Waals surface area (Å²) in [6.07, 6.45) is -38.3. The van der Waals surface area contributed by atoms with Gasteiger partial charge in [0.1, 0.15) is 39.6 Å². The topological polar surface area (TPSA) is 74.2 Å². The van der Waals surface area contributed by atoms with Gasteiger partial charge in [-0.1, -0.05) is 4.60 Å². The molecule has 0 saturated carbocycles. The highest BCUT2D eigenvalue weighted by Crippen LogP contribution is 2.81. The monoisotopic (exact) mass is 1520 g/mol. The molecule has 9 nitrogen and oxygen atoms in total. The van der Waals surface area contributed by atoms with E-state index in [0.29, 0.717) is 0 Å². The molecule has 2 unspecified atom stereocenters. The van der Waals surface area contributed by atoms with Crippen LogP contribution in [0.25, 0.3) is 0 Å². The second kappa shape index (κ2) is 26.4. The highest BCUT2D eigenvalue weighted by atomic mass is 31.3. The highest BCUT2D eigenvalue weighted by molar-refractivity contribution is 7.78. The van der Waals surface area contributed by atoms with E-state index >= 15 is 35.1 Å². The van der Waals surface area contributed by atoms with Crippen LogP contribution in [0, 0.1) is 0 Å². The summed E-state index contributed by atoms with van der Waals surface area (Å²) in [7, 11) is -23.5. The van der Waals surface area contributed by atoms with E-state index in [0.717, 1.165) is 0 Å². The fourth-order valence-corrected chi connectivity index (χ4v) is 12.6. The smallest absolute Gasteiger partial charge is 0.321 e. The summed E-state index contributed by atoms with van der Waals surface area (Å²) >= 11 is 0. The van der Waals surface area contributed by atoms with E-state index in [4.69, 9.17) is 0 Å². The molecular weight excluding hydrogens is 1500 g/mol. The van der Waals surface area contributed by atoms with Crippen LogP contribution in [-0.2, 0) is 27.8 Å². The van der Waals surface area contributed by atoms with Crippen LogP contribution in [0.2, 0.25) is 0 Å². The summed E-state index contributed by atoms with van der Waals surface area (Å²) in [5.41, 5.74) is 0. The predicted molar refractivity (Wildman–Crippen MR) is 188 cm³/mol. The standard InChI is InChI=1S/C30H18F48N3O6P3/c31-7(32)19(55,56)25(67,68)13(43,44)1-82-80-88(84-3-15(47,48)27(71,72)21(59,60)9(35)36)79-90(86-5-17(51,52)29(75,76)23(63,64)11(39)40,87-6-18(53,54)30(77,78)24(65,66)12(41)42)81(83-2-14(45,46)26(69,70)20(57,58)8(33)34)89(80)85-4-16(49,50)28(73,74)22(61,62)10(37)38/h7-12H,1-6H2. The second-order valence-corrected chi connectivity index (χ2v) is 22.3. The summed E-state index contributed by atoms with van der Waals surface area (Å²) in [6, 6.07) is 0. The molecule has 540 valence electrons. The first-order valence-electron chi connectivity index (χ1n) is 20.3. The molecule has 1 rings (SSSR count). The normalized spacial score (nSPS) is 19.4. The largest absolute Gasteiger partial charge is 0.380 e. The molecule has 90 heavy (non-hydrogen) atoms. The molecule has 0 saturated heterocycles. The zero-order valence-electron chi connectivity index (χ0n) is 40.0. The first-order chi connectivity index (χ1) is 39.2. The van der Waals surface area contributed by atoms with Crippen LogP contribution < -0.4 is 0 Å². The van der Waals surface area contributed by atoms with Crippen LogP contribution in [0.3, 0.4) is 0 Å². The molecule has 0 spiro atoms. The van der Waals surface area contributed by atoms with Crippen LogP contribution in [0.15, 0.2) is 4.52 Å². The first kappa shape index (κ1) is 85.4. The number of alkyl halides is 48. The Kier molecular flexibility index (Phi) is 25.1. The lowest BCUT2D eigenvalue weighted by Gasteiger charge is -2.47. The molecule has 60 heteroatoms. The molecule has 1 heterocycles. The van der Waals surface area contributed by atoms with E-state index < -0.39 is 219 Å². The van der Waals surface area contributed by atoms with Gasteiger partial charge in [-0.3, -0.25) is 9.68 Å². The third-order valence-electron chi connectivity index (χ3n) is 10.0. The lowest BCUT2D eigenvalue weighted by atomic mass is 10.1. The number of hydrogen-bond donors (Lipinski definition) is 0. The van der Waals surface area contributed by atoms with Gasteiger partial charge in [-0.2, -0.15) is 163 Å². The van der Waals surface area contributed by atoms with Crippen molar-refractivity contribution in [2.75, 3.05) is 39.6 Å². The Morgan fingerprint density at radius 1 is 0.278 bits per heavy atom. The Balaban J connectivity index is 5.44. The number of rotatable bonds is 36. The molecule has 2 atom stereocenters. The second-order valence-electron chi connectivity index (χ2n) is 16.4. The summed E-state index contributed by atoms with van der Waals surface area (Å²) in [5.74, 6) is -145. The minimum Gasteiger partial charge on any atom is -0.321 e. The molecule has 0 N–H and O–H groups in total. The predicted octanol–water partition coefficient (Wildman–Crippen LogP) is 18.0. The number of nitrogens with zero attached hydrogens (tertiary/aromatic N) is 3. The van der Waals surface area contributed by atoms with E-state index in [1.165, 1.54) is 0 Å². The zero-order chi connectivity index (χ0) is 72.5. The lowest BCUT2D eigenvalue weighted by Crippen LogP contribution is -2.60. The molecule has 0 aromatic rings. The van der Waals surface area contributed by atoms with Gasteiger partial charge in [0.2, 0.25) is 0 Å². The van der Waals surface area contributed by atoms with Gasteiger partial charge in [0, 0.05) is 0 Å². The Labute approximate surface area is 462 Å². The van der Waals surface area contributed by atoms with Gasteiger partial charge in [0.25, 0.3) is 16.9 Å². The number of halogens is 48. The van der Waals surface area contributed by atoms with Crippen LogP contribution >= 0.6 is 24.6 Å².